The molecular weight excluding hydrogens is 406 g/mol. The Morgan fingerprint density at radius 2 is 1.93 bits per heavy atom. The highest BCUT2D eigenvalue weighted by Crippen LogP contribution is 2.38. The fourth-order valence-electron chi connectivity index (χ4n) is 3.29. The summed E-state index contributed by atoms with van der Waals surface area (Å²) < 4.78 is 5.05. The van der Waals surface area contributed by atoms with Gasteiger partial charge < -0.3 is 15.4 Å². The zero-order valence-corrected chi connectivity index (χ0v) is 19.1. The van der Waals surface area contributed by atoms with E-state index in [0.29, 0.717) is 28.6 Å². The van der Waals surface area contributed by atoms with Crippen molar-refractivity contribution in [3.05, 3.63) is 32.1 Å². The van der Waals surface area contributed by atoms with Gasteiger partial charge in [-0.15, -0.1) is 22.7 Å². The largest absolute Gasteiger partial charge is 0.385 e. The molecule has 0 aliphatic heterocycles. The smallest absolute Gasteiger partial charge is 0.268 e. The van der Waals surface area contributed by atoms with E-state index in [4.69, 9.17) is 4.74 Å². The molecule has 0 aromatic carbocycles. The molecule has 0 unspecified atom stereocenters. The number of hydrogen-bond donors (Lipinski definition) is 2. The van der Waals surface area contributed by atoms with Crippen LogP contribution < -0.4 is 10.6 Å². The molecule has 6 nitrogen and oxygen atoms in total. The first kappa shape index (κ1) is 21.9. The molecule has 1 aliphatic carbocycles. The van der Waals surface area contributed by atoms with Gasteiger partial charge in [0.25, 0.3) is 11.8 Å². The Balaban J connectivity index is 1.81. The summed E-state index contributed by atoms with van der Waals surface area (Å²) in [4.78, 5) is 31.9. The third-order valence-electron chi connectivity index (χ3n) is 4.81. The molecule has 0 spiro atoms. The summed E-state index contributed by atoms with van der Waals surface area (Å²) in [5, 5.41) is 7.54. The van der Waals surface area contributed by atoms with E-state index in [9.17, 15) is 9.59 Å². The number of nitrogens with zero attached hydrogens (tertiary/aromatic N) is 1. The van der Waals surface area contributed by atoms with Crippen molar-refractivity contribution in [1.29, 1.82) is 0 Å². The van der Waals surface area contributed by atoms with Crippen molar-refractivity contribution in [3.63, 3.8) is 0 Å². The van der Waals surface area contributed by atoms with E-state index in [0.717, 1.165) is 42.7 Å². The minimum absolute atomic E-state index is 0.0987. The van der Waals surface area contributed by atoms with Gasteiger partial charge in [0.05, 0.1) is 16.8 Å². The number of fused-ring (bicyclic) bond motifs is 1. The third-order valence-corrected chi connectivity index (χ3v) is 7.44. The van der Waals surface area contributed by atoms with Crippen LogP contribution in [-0.4, -0.2) is 37.1 Å². The molecule has 2 aromatic heterocycles. The average molecular weight is 436 g/mol. The number of hydrogen-bond acceptors (Lipinski definition) is 6. The van der Waals surface area contributed by atoms with Gasteiger partial charge in [0.1, 0.15) is 9.88 Å². The van der Waals surface area contributed by atoms with Crippen LogP contribution in [0.2, 0.25) is 0 Å². The number of aromatic nitrogens is 1. The first-order valence-electron chi connectivity index (χ1n) is 10.0. The van der Waals surface area contributed by atoms with Gasteiger partial charge in [-0.05, 0) is 37.7 Å². The molecule has 0 fully saturated rings. The standard InChI is InChI=1S/C21H29N3O3S2/c1-21(2,3)20-23-12-15(29-20)17(25)24-19-16(18(26)22-10-7-11-27-4)13-8-5-6-9-14(13)28-19/h12H,5-11H2,1-4H3,(H,22,26)(H,24,25). The Hall–Kier alpha value is -1.77. The predicted molar refractivity (Wildman–Crippen MR) is 119 cm³/mol. The van der Waals surface area contributed by atoms with E-state index in [1.165, 1.54) is 27.6 Å². The number of rotatable bonds is 7. The Bertz CT molecular complexity index is 880. The minimum Gasteiger partial charge on any atom is -0.385 e. The van der Waals surface area contributed by atoms with Crippen LogP contribution in [0.1, 0.15) is 75.5 Å². The molecule has 2 amide bonds. The third kappa shape index (κ3) is 5.24. The summed E-state index contributed by atoms with van der Waals surface area (Å²) in [5.41, 5.74) is 1.63. The average Bonchev–Trinajstić information content (AvgIpc) is 3.29. The highest BCUT2D eigenvalue weighted by atomic mass is 32.1. The lowest BCUT2D eigenvalue weighted by molar-refractivity contribution is 0.0948. The lowest BCUT2D eigenvalue weighted by atomic mass is 9.95. The molecule has 0 saturated heterocycles. The number of nitrogens with one attached hydrogen (secondary N) is 2. The van der Waals surface area contributed by atoms with Crippen LogP contribution in [0.4, 0.5) is 5.00 Å². The van der Waals surface area contributed by atoms with E-state index in [1.54, 1.807) is 13.3 Å². The number of carbonyl (C=O) groups excluding carboxylic acids is 2. The molecule has 2 aromatic rings. The zero-order valence-electron chi connectivity index (χ0n) is 17.5. The Morgan fingerprint density at radius 1 is 1.17 bits per heavy atom. The van der Waals surface area contributed by atoms with Crippen molar-refractivity contribution in [1.82, 2.24) is 10.3 Å². The second kappa shape index (κ2) is 9.36. The molecular formula is C21H29N3O3S2. The summed E-state index contributed by atoms with van der Waals surface area (Å²) in [7, 11) is 1.65. The summed E-state index contributed by atoms with van der Waals surface area (Å²) >= 11 is 2.94. The normalized spacial score (nSPS) is 13.8. The summed E-state index contributed by atoms with van der Waals surface area (Å²) in [6, 6.07) is 0. The van der Waals surface area contributed by atoms with Crippen molar-refractivity contribution >= 4 is 39.5 Å². The molecule has 2 N–H and O–H groups in total. The van der Waals surface area contributed by atoms with Gasteiger partial charge in [-0.25, -0.2) is 4.98 Å². The number of carbonyl (C=O) groups is 2. The molecule has 2 heterocycles. The Kier molecular flexibility index (Phi) is 7.08. The topological polar surface area (TPSA) is 80.3 Å². The van der Waals surface area contributed by atoms with E-state index in [-0.39, 0.29) is 17.2 Å². The molecule has 8 heteroatoms. The van der Waals surface area contributed by atoms with E-state index in [1.807, 2.05) is 0 Å². The molecule has 29 heavy (non-hydrogen) atoms. The SMILES string of the molecule is COCCCNC(=O)c1c(NC(=O)c2cnc(C(C)(C)C)s2)sc2c1CCCC2. The highest BCUT2D eigenvalue weighted by Gasteiger charge is 2.27. The highest BCUT2D eigenvalue weighted by molar-refractivity contribution is 7.17. The second-order valence-corrected chi connectivity index (χ2v) is 10.4. The van der Waals surface area contributed by atoms with Crippen LogP contribution >= 0.6 is 22.7 Å². The van der Waals surface area contributed by atoms with Crippen LogP contribution in [0.5, 0.6) is 0 Å². The van der Waals surface area contributed by atoms with Gasteiger partial charge in [0, 0.05) is 30.6 Å². The van der Waals surface area contributed by atoms with Crippen molar-refractivity contribution in [3.8, 4) is 0 Å². The minimum atomic E-state index is -0.204. The number of aryl methyl sites for hydroxylation is 1. The number of anilines is 1. The van der Waals surface area contributed by atoms with Crippen molar-refractivity contribution in [2.45, 2.75) is 58.3 Å². The molecule has 0 atom stereocenters. The monoisotopic (exact) mass is 435 g/mol. The van der Waals surface area contributed by atoms with Crippen LogP contribution in [0.25, 0.3) is 0 Å². The number of ether oxygens (including phenoxy) is 1. The molecule has 1 aliphatic rings. The van der Waals surface area contributed by atoms with Crippen molar-refractivity contribution < 1.29 is 14.3 Å². The molecule has 0 saturated carbocycles. The molecule has 0 radical (unpaired) electrons. The van der Waals surface area contributed by atoms with Gasteiger partial charge in [0.15, 0.2) is 0 Å². The van der Waals surface area contributed by atoms with Gasteiger partial charge in [0.2, 0.25) is 0 Å². The van der Waals surface area contributed by atoms with Gasteiger partial charge in [-0.3, -0.25) is 9.59 Å². The summed E-state index contributed by atoms with van der Waals surface area (Å²) in [6.45, 7) is 7.38. The van der Waals surface area contributed by atoms with Crippen molar-refractivity contribution in [2.75, 3.05) is 25.6 Å². The fourth-order valence-corrected chi connectivity index (χ4v) is 5.44. The lowest BCUT2D eigenvalue weighted by Crippen LogP contribution is -2.27. The van der Waals surface area contributed by atoms with Crippen LogP contribution in [0, 0.1) is 0 Å². The maximum Gasteiger partial charge on any atom is 0.268 e. The number of methoxy groups -OCH3 is 1. The predicted octanol–water partition coefficient (Wildman–Crippen LogP) is 4.40. The quantitative estimate of drug-likeness (QED) is 0.632. The van der Waals surface area contributed by atoms with E-state index >= 15 is 0 Å². The van der Waals surface area contributed by atoms with Crippen LogP contribution in [0.15, 0.2) is 6.20 Å². The first-order valence-corrected chi connectivity index (χ1v) is 11.6. The molecule has 0 bridgehead atoms. The fraction of sp³-hybridized carbons (Fsp3) is 0.571. The number of thiazole rings is 1. The van der Waals surface area contributed by atoms with Gasteiger partial charge in [-0.2, -0.15) is 0 Å². The maximum atomic E-state index is 12.9. The second-order valence-electron chi connectivity index (χ2n) is 8.25. The zero-order chi connectivity index (χ0) is 21.0. The molecule has 158 valence electrons. The van der Waals surface area contributed by atoms with E-state index < -0.39 is 0 Å². The first-order chi connectivity index (χ1) is 13.8. The summed E-state index contributed by atoms with van der Waals surface area (Å²) in [5.74, 6) is -0.319. The van der Waals surface area contributed by atoms with E-state index in [2.05, 4.69) is 36.4 Å². The van der Waals surface area contributed by atoms with Gasteiger partial charge >= 0.3 is 0 Å². The Labute approximate surface area is 180 Å². The van der Waals surface area contributed by atoms with Crippen molar-refractivity contribution in [2.24, 2.45) is 0 Å². The Morgan fingerprint density at radius 3 is 2.62 bits per heavy atom. The lowest BCUT2D eigenvalue weighted by Gasteiger charge is -2.13. The van der Waals surface area contributed by atoms with Crippen LogP contribution in [0.3, 0.4) is 0 Å². The maximum absolute atomic E-state index is 12.9. The van der Waals surface area contributed by atoms with Gasteiger partial charge in [-0.1, -0.05) is 20.8 Å². The number of amides is 2. The van der Waals surface area contributed by atoms with Crippen LogP contribution in [-0.2, 0) is 23.0 Å². The summed E-state index contributed by atoms with van der Waals surface area (Å²) in [6.07, 6.45) is 6.43. The molecule has 3 rings (SSSR count). The number of thiophene rings is 1.